The van der Waals surface area contributed by atoms with Crippen molar-refractivity contribution >= 4 is 27.8 Å². The van der Waals surface area contributed by atoms with Gasteiger partial charge in [-0.2, -0.15) is 0 Å². The van der Waals surface area contributed by atoms with Gasteiger partial charge in [0.1, 0.15) is 11.8 Å². The van der Waals surface area contributed by atoms with E-state index in [1.165, 1.54) is 6.92 Å². The van der Waals surface area contributed by atoms with Gasteiger partial charge in [0.2, 0.25) is 0 Å². The summed E-state index contributed by atoms with van der Waals surface area (Å²) in [6.07, 6.45) is -0.866. The van der Waals surface area contributed by atoms with Crippen molar-refractivity contribution in [1.82, 2.24) is 5.32 Å². The van der Waals surface area contributed by atoms with E-state index in [0.717, 1.165) is 4.47 Å². The van der Waals surface area contributed by atoms with Crippen molar-refractivity contribution in [1.29, 1.82) is 0 Å². The van der Waals surface area contributed by atoms with Gasteiger partial charge in [-0.3, -0.25) is 4.79 Å². The van der Waals surface area contributed by atoms with Gasteiger partial charge in [0, 0.05) is 4.47 Å². The third kappa shape index (κ3) is 4.88. The van der Waals surface area contributed by atoms with Crippen LogP contribution in [-0.4, -0.2) is 40.8 Å². The normalized spacial score (nSPS) is 13.4. The van der Waals surface area contributed by atoms with Crippen LogP contribution in [0.1, 0.15) is 6.92 Å². The predicted molar refractivity (Wildman–Crippen MR) is 70.9 cm³/mol. The van der Waals surface area contributed by atoms with E-state index in [-0.39, 0.29) is 0 Å². The minimum absolute atomic E-state index is 0.488. The van der Waals surface area contributed by atoms with Crippen LogP contribution < -0.4 is 10.1 Å². The number of aliphatic hydroxyl groups excluding tert-OH is 1. The molecule has 2 atom stereocenters. The van der Waals surface area contributed by atoms with Crippen molar-refractivity contribution in [2.24, 2.45) is 0 Å². The Kier molecular flexibility index (Phi) is 5.78. The maximum absolute atomic E-state index is 11.7. The summed E-state index contributed by atoms with van der Waals surface area (Å²) in [4.78, 5) is 22.3. The number of carbonyl (C=O) groups excluding carboxylic acids is 1. The molecular weight excluding hydrogens is 318 g/mol. The highest BCUT2D eigenvalue weighted by Gasteiger charge is 2.23. The van der Waals surface area contributed by atoms with Crippen LogP contribution in [0.2, 0.25) is 0 Å². The molecular formula is C12H14BrNO5. The molecule has 0 bridgehead atoms. The van der Waals surface area contributed by atoms with Crippen LogP contribution in [0.15, 0.2) is 28.7 Å². The number of carboxylic acid groups (broad SMARTS) is 1. The molecule has 1 aromatic carbocycles. The number of carbonyl (C=O) groups is 2. The number of amides is 1. The fourth-order valence-electron chi connectivity index (χ4n) is 1.25. The monoisotopic (exact) mass is 331 g/mol. The lowest BCUT2D eigenvalue weighted by Crippen LogP contribution is -2.48. The molecule has 7 heteroatoms. The number of carboxylic acids is 1. The van der Waals surface area contributed by atoms with E-state index < -0.39 is 30.6 Å². The Hall–Kier alpha value is -1.60. The molecule has 104 valence electrons. The number of aliphatic hydroxyl groups is 1. The molecule has 0 saturated carbocycles. The highest BCUT2D eigenvalue weighted by atomic mass is 79.9. The largest absolute Gasteiger partial charge is 0.481 e. The number of benzene rings is 1. The summed E-state index contributed by atoms with van der Waals surface area (Å²) in [5.41, 5.74) is 0. The van der Waals surface area contributed by atoms with E-state index in [2.05, 4.69) is 21.2 Å². The Morgan fingerprint density at radius 3 is 2.42 bits per heavy atom. The molecule has 0 aliphatic heterocycles. The van der Waals surface area contributed by atoms with E-state index in [0.29, 0.717) is 5.75 Å². The number of hydrogen-bond donors (Lipinski definition) is 3. The zero-order chi connectivity index (χ0) is 14.4. The highest BCUT2D eigenvalue weighted by Crippen LogP contribution is 2.17. The zero-order valence-corrected chi connectivity index (χ0v) is 11.8. The SMILES string of the molecule is CC(Oc1ccc(Br)cc1)C(=O)N[C@@H](CO)C(=O)O. The van der Waals surface area contributed by atoms with Gasteiger partial charge in [-0.05, 0) is 31.2 Å². The minimum Gasteiger partial charge on any atom is -0.481 e. The summed E-state index contributed by atoms with van der Waals surface area (Å²) in [6.45, 7) is 0.819. The van der Waals surface area contributed by atoms with E-state index >= 15 is 0 Å². The van der Waals surface area contributed by atoms with Crippen LogP contribution >= 0.6 is 15.9 Å². The molecule has 1 unspecified atom stereocenters. The van der Waals surface area contributed by atoms with Gasteiger partial charge in [0.25, 0.3) is 5.91 Å². The fourth-order valence-corrected chi connectivity index (χ4v) is 1.51. The van der Waals surface area contributed by atoms with E-state index in [9.17, 15) is 9.59 Å². The van der Waals surface area contributed by atoms with Gasteiger partial charge in [-0.15, -0.1) is 0 Å². The molecule has 0 radical (unpaired) electrons. The average Bonchev–Trinajstić information content (AvgIpc) is 2.37. The lowest BCUT2D eigenvalue weighted by Gasteiger charge is -2.17. The standard InChI is InChI=1S/C12H14BrNO5/c1-7(11(16)14-10(6-15)12(17)18)19-9-4-2-8(13)3-5-9/h2-5,7,10,15H,6H2,1H3,(H,14,16)(H,17,18)/t7?,10-/m0/s1. The third-order valence-corrected chi connectivity index (χ3v) is 2.82. The van der Waals surface area contributed by atoms with Gasteiger partial charge in [-0.25, -0.2) is 4.79 Å². The molecule has 0 fully saturated rings. The second-order valence-electron chi connectivity index (χ2n) is 3.80. The number of ether oxygens (including phenoxy) is 1. The third-order valence-electron chi connectivity index (χ3n) is 2.29. The molecule has 1 amide bonds. The Labute approximate surface area is 118 Å². The van der Waals surface area contributed by atoms with Crippen LogP contribution in [-0.2, 0) is 9.59 Å². The van der Waals surface area contributed by atoms with Gasteiger partial charge in [-0.1, -0.05) is 15.9 Å². The minimum atomic E-state index is -1.33. The highest BCUT2D eigenvalue weighted by molar-refractivity contribution is 9.10. The molecule has 0 spiro atoms. The van der Waals surface area contributed by atoms with Crippen molar-refractivity contribution in [3.63, 3.8) is 0 Å². The lowest BCUT2D eigenvalue weighted by molar-refractivity contribution is -0.144. The Morgan fingerprint density at radius 2 is 1.95 bits per heavy atom. The zero-order valence-electron chi connectivity index (χ0n) is 10.2. The Bertz CT molecular complexity index is 448. The van der Waals surface area contributed by atoms with Crippen LogP contribution in [0.3, 0.4) is 0 Å². The summed E-state index contributed by atoms with van der Waals surface area (Å²) in [7, 11) is 0. The van der Waals surface area contributed by atoms with Crippen molar-refractivity contribution in [2.75, 3.05) is 6.61 Å². The van der Waals surface area contributed by atoms with Gasteiger partial charge >= 0.3 is 5.97 Å². The molecule has 1 rings (SSSR count). The second-order valence-corrected chi connectivity index (χ2v) is 4.71. The summed E-state index contributed by atoms with van der Waals surface area (Å²) >= 11 is 3.27. The molecule has 1 aromatic rings. The van der Waals surface area contributed by atoms with Gasteiger partial charge in [0.05, 0.1) is 6.61 Å². The summed E-state index contributed by atoms with van der Waals surface area (Å²) in [5, 5.41) is 19.7. The van der Waals surface area contributed by atoms with Crippen LogP contribution in [0.5, 0.6) is 5.75 Å². The van der Waals surface area contributed by atoms with Crippen LogP contribution in [0.25, 0.3) is 0 Å². The quantitative estimate of drug-likeness (QED) is 0.715. The maximum atomic E-state index is 11.7. The van der Waals surface area contributed by atoms with Crippen molar-refractivity contribution in [3.05, 3.63) is 28.7 Å². The molecule has 19 heavy (non-hydrogen) atoms. The lowest BCUT2D eigenvalue weighted by atomic mass is 10.2. The summed E-state index contributed by atoms with van der Waals surface area (Å²) in [6, 6.07) is 5.54. The fraction of sp³-hybridized carbons (Fsp3) is 0.333. The molecule has 3 N–H and O–H groups in total. The molecule has 0 aliphatic carbocycles. The summed E-state index contributed by atoms with van der Waals surface area (Å²) in [5.74, 6) is -1.42. The number of hydrogen-bond acceptors (Lipinski definition) is 4. The number of nitrogens with one attached hydrogen (secondary N) is 1. The molecule has 0 saturated heterocycles. The smallest absolute Gasteiger partial charge is 0.328 e. The molecule has 0 aliphatic rings. The van der Waals surface area contributed by atoms with Crippen molar-refractivity contribution in [3.8, 4) is 5.75 Å². The Balaban J connectivity index is 2.57. The summed E-state index contributed by atoms with van der Waals surface area (Å²) < 4.78 is 6.23. The van der Waals surface area contributed by atoms with Crippen LogP contribution in [0, 0.1) is 0 Å². The average molecular weight is 332 g/mol. The van der Waals surface area contributed by atoms with Crippen LogP contribution in [0.4, 0.5) is 0 Å². The van der Waals surface area contributed by atoms with Gasteiger partial charge in [0.15, 0.2) is 6.10 Å². The maximum Gasteiger partial charge on any atom is 0.328 e. The first-order chi connectivity index (χ1) is 8.93. The van der Waals surface area contributed by atoms with Crippen molar-refractivity contribution in [2.45, 2.75) is 19.1 Å². The molecule has 0 aromatic heterocycles. The molecule has 6 nitrogen and oxygen atoms in total. The first kappa shape index (κ1) is 15.5. The van der Waals surface area contributed by atoms with E-state index in [4.69, 9.17) is 14.9 Å². The first-order valence-corrected chi connectivity index (χ1v) is 6.29. The predicted octanol–water partition coefficient (Wildman–Crippen LogP) is 0.778. The number of aliphatic carboxylic acids is 1. The Morgan fingerprint density at radius 1 is 1.37 bits per heavy atom. The first-order valence-electron chi connectivity index (χ1n) is 5.50. The van der Waals surface area contributed by atoms with E-state index in [1.807, 2.05) is 0 Å². The van der Waals surface area contributed by atoms with E-state index in [1.54, 1.807) is 24.3 Å². The molecule has 0 heterocycles. The second kappa shape index (κ2) is 7.10. The van der Waals surface area contributed by atoms with Crippen molar-refractivity contribution < 1.29 is 24.5 Å². The van der Waals surface area contributed by atoms with Gasteiger partial charge < -0.3 is 20.3 Å². The topological polar surface area (TPSA) is 95.9 Å². The number of rotatable bonds is 6. The number of halogens is 1.